The van der Waals surface area contributed by atoms with Crippen LogP contribution in [0.4, 0.5) is 13.2 Å². The molecule has 2 aromatic rings. The summed E-state index contributed by atoms with van der Waals surface area (Å²) in [5, 5.41) is 10.2. The van der Waals surface area contributed by atoms with Gasteiger partial charge in [0.25, 0.3) is 5.91 Å². The molecule has 0 bridgehead atoms. The molecule has 3 rings (SSSR count). The van der Waals surface area contributed by atoms with E-state index in [1.54, 1.807) is 0 Å². The molecule has 0 radical (unpaired) electrons. The normalized spacial score (nSPS) is 19.4. The van der Waals surface area contributed by atoms with E-state index in [0.717, 1.165) is 18.4 Å². The summed E-state index contributed by atoms with van der Waals surface area (Å²) in [5.41, 5.74) is -1.55. The molecular weight excluding hydrogens is 445 g/mol. The average molecular weight is 471 g/mol. The molecule has 0 spiro atoms. The van der Waals surface area contributed by atoms with Crippen molar-refractivity contribution in [1.29, 1.82) is 0 Å². The first-order valence-electron chi connectivity index (χ1n) is 10.0. The molecule has 32 heavy (non-hydrogen) atoms. The van der Waals surface area contributed by atoms with Crippen LogP contribution < -0.4 is 4.72 Å². The lowest BCUT2D eigenvalue weighted by Crippen LogP contribution is -2.52. The van der Waals surface area contributed by atoms with Gasteiger partial charge in [0, 0.05) is 24.2 Å². The SMILES string of the molecule is CC(C)(O)C(=O)N1CC[C@@H](NS(C)(=O)=O)[C@H]1Cc1cccc(-c2cc(F)cc(F)c2)c1F. The van der Waals surface area contributed by atoms with Gasteiger partial charge < -0.3 is 10.0 Å². The van der Waals surface area contributed by atoms with Gasteiger partial charge in [-0.2, -0.15) is 0 Å². The zero-order valence-corrected chi connectivity index (χ0v) is 18.7. The molecule has 0 saturated carbocycles. The monoisotopic (exact) mass is 470 g/mol. The van der Waals surface area contributed by atoms with Gasteiger partial charge in [-0.3, -0.25) is 4.79 Å². The second kappa shape index (κ2) is 8.84. The van der Waals surface area contributed by atoms with E-state index in [0.29, 0.717) is 6.07 Å². The molecular formula is C22H25F3N2O4S. The van der Waals surface area contributed by atoms with Crippen molar-refractivity contribution in [2.75, 3.05) is 12.8 Å². The third-order valence-electron chi connectivity index (χ3n) is 5.38. The number of benzene rings is 2. The number of sulfonamides is 1. The van der Waals surface area contributed by atoms with Crippen LogP contribution in [0.25, 0.3) is 11.1 Å². The quantitative estimate of drug-likeness (QED) is 0.680. The Hall–Kier alpha value is -2.43. The first-order chi connectivity index (χ1) is 14.8. The molecule has 1 aliphatic rings. The van der Waals surface area contributed by atoms with Crippen LogP contribution in [0.5, 0.6) is 0 Å². The predicted molar refractivity (Wildman–Crippen MR) is 114 cm³/mol. The number of nitrogens with one attached hydrogen (secondary N) is 1. The molecule has 1 saturated heterocycles. The Kier molecular flexibility index (Phi) is 6.69. The summed E-state index contributed by atoms with van der Waals surface area (Å²) in [6.07, 6.45) is 1.21. The zero-order chi connectivity index (χ0) is 23.8. The fraction of sp³-hybridized carbons (Fsp3) is 0.409. The summed E-state index contributed by atoms with van der Waals surface area (Å²) >= 11 is 0. The highest BCUT2D eigenvalue weighted by molar-refractivity contribution is 7.88. The van der Waals surface area contributed by atoms with E-state index in [1.165, 1.54) is 36.9 Å². The molecule has 0 aromatic heterocycles. The maximum absolute atomic E-state index is 15.4. The van der Waals surface area contributed by atoms with Crippen LogP contribution >= 0.6 is 0 Å². The highest BCUT2D eigenvalue weighted by Crippen LogP contribution is 2.30. The number of hydrogen-bond acceptors (Lipinski definition) is 4. The number of hydrogen-bond donors (Lipinski definition) is 2. The number of nitrogens with zero attached hydrogens (tertiary/aromatic N) is 1. The maximum Gasteiger partial charge on any atom is 0.254 e. The van der Waals surface area contributed by atoms with Crippen molar-refractivity contribution < 1.29 is 31.5 Å². The third kappa shape index (κ3) is 5.48. The van der Waals surface area contributed by atoms with Crippen LogP contribution in [0.1, 0.15) is 25.8 Å². The van der Waals surface area contributed by atoms with Crippen molar-refractivity contribution in [3.63, 3.8) is 0 Å². The van der Waals surface area contributed by atoms with Crippen LogP contribution in [-0.2, 0) is 21.2 Å². The first kappa shape index (κ1) is 24.2. The number of carbonyl (C=O) groups excluding carboxylic acids is 1. The highest BCUT2D eigenvalue weighted by atomic mass is 32.2. The van der Waals surface area contributed by atoms with Crippen LogP contribution in [0.15, 0.2) is 36.4 Å². The Morgan fingerprint density at radius 3 is 2.38 bits per heavy atom. The van der Waals surface area contributed by atoms with Crippen molar-refractivity contribution in [3.05, 3.63) is 59.4 Å². The fourth-order valence-electron chi connectivity index (χ4n) is 4.02. The van der Waals surface area contributed by atoms with E-state index in [-0.39, 0.29) is 36.1 Å². The number of rotatable bonds is 6. The largest absolute Gasteiger partial charge is 0.381 e. The van der Waals surface area contributed by atoms with Crippen LogP contribution in [0, 0.1) is 17.5 Å². The van der Waals surface area contributed by atoms with Gasteiger partial charge >= 0.3 is 0 Å². The number of aliphatic hydroxyl groups is 1. The lowest BCUT2D eigenvalue weighted by Gasteiger charge is -2.32. The van der Waals surface area contributed by atoms with Crippen molar-refractivity contribution in [1.82, 2.24) is 9.62 Å². The summed E-state index contributed by atoms with van der Waals surface area (Å²) in [7, 11) is -3.62. The molecule has 2 N–H and O–H groups in total. The Balaban J connectivity index is 1.99. The minimum atomic E-state index is -3.62. The topological polar surface area (TPSA) is 86.7 Å². The highest BCUT2D eigenvalue weighted by Gasteiger charge is 2.42. The summed E-state index contributed by atoms with van der Waals surface area (Å²) in [6, 6.07) is 5.63. The van der Waals surface area contributed by atoms with E-state index in [1.807, 2.05) is 0 Å². The lowest BCUT2D eigenvalue weighted by molar-refractivity contribution is -0.148. The van der Waals surface area contributed by atoms with Gasteiger partial charge in [0.1, 0.15) is 23.1 Å². The van der Waals surface area contributed by atoms with Crippen LogP contribution in [0.3, 0.4) is 0 Å². The van der Waals surface area contributed by atoms with Gasteiger partial charge in [0.15, 0.2) is 0 Å². The molecule has 0 aliphatic carbocycles. The summed E-state index contributed by atoms with van der Waals surface area (Å²) in [5.74, 6) is -3.03. The minimum Gasteiger partial charge on any atom is -0.381 e. The van der Waals surface area contributed by atoms with Gasteiger partial charge in [0.2, 0.25) is 10.0 Å². The van der Waals surface area contributed by atoms with Gasteiger partial charge in [-0.1, -0.05) is 18.2 Å². The second-order valence-electron chi connectivity index (χ2n) is 8.55. The standard InChI is InChI=1S/C22H25F3N2O4S/c1-22(2,29)21(28)27-8-7-18(26-32(3,30)31)19(27)11-13-5-4-6-17(20(13)25)14-9-15(23)12-16(24)10-14/h4-6,9-10,12,18-19,26,29H,7-8,11H2,1-3H3/t18-,19-/m1/s1. The molecule has 174 valence electrons. The Bertz CT molecular complexity index is 1110. The smallest absolute Gasteiger partial charge is 0.254 e. The molecule has 6 nitrogen and oxygen atoms in total. The summed E-state index contributed by atoms with van der Waals surface area (Å²) < 4.78 is 68.8. The second-order valence-corrected chi connectivity index (χ2v) is 10.3. The van der Waals surface area contributed by atoms with E-state index in [2.05, 4.69) is 4.72 Å². The predicted octanol–water partition coefficient (Wildman–Crippen LogP) is 2.60. The molecule has 10 heteroatoms. The number of likely N-dealkylation sites (tertiary alicyclic amines) is 1. The Morgan fingerprint density at radius 1 is 1.19 bits per heavy atom. The summed E-state index contributed by atoms with van der Waals surface area (Å²) in [4.78, 5) is 14.1. The number of amides is 1. The van der Waals surface area contributed by atoms with Gasteiger partial charge in [0.05, 0.1) is 12.3 Å². The number of carbonyl (C=O) groups is 1. The van der Waals surface area contributed by atoms with E-state index < -0.39 is 51.1 Å². The molecule has 1 aliphatic heterocycles. The zero-order valence-electron chi connectivity index (χ0n) is 17.9. The van der Waals surface area contributed by atoms with E-state index >= 15 is 4.39 Å². The van der Waals surface area contributed by atoms with Gasteiger partial charge in [-0.15, -0.1) is 0 Å². The minimum absolute atomic E-state index is 0.0171. The van der Waals surface area contributed by atoms with E-state index in [9.17, 15) is 27.1 Å². The van der Waals surface area contributed by atoms with Crippen molar-refractivity contribution in [3.8, 4) is 11.1 Å². The molecule has 0 unspecified atom stereocenters. The molecule has 1 fully saturated rings. The lowest BCUT2D eigenvalue weighted by atomic mass is 9.95. The van der Waals surface area contributed by atoms with Crippen molar-refractivity contribution >= 4 is 15.9 Å². The van der Waals surface area contributed by atoms with Crippen molar-refractivity contribution in [2.24, 2.45) is 0 Å². The Morgan fingerprint density at radius 2 is 1.81 bits per heavy atom. The van der Waals surface area contributed by atoms with Crippen LogP contribution in [-0.4, -0.2) is 54.8 Å². The number of halogens is 3. The van der Waals surface area contributed by atoms with Gasteiger partial charge in [-0.05, 0) is 49.9 Å². The fourth-order valence-corrected chi connectivity index (χ4v) is 4.84. The molecule has 1 amide bonds. The molecule has 1 heterocycles. The van der Waals surface area contributed by atoms with Gasteiger partial charge in [-0.25, -0.2) is 26.3 Å². The average Bonchev–Trinajstić information content (AvgIpc) is 3.01. The summed E-state index contributed by atoms with van der Waals surface area (Å²) in [6.45, 7) is 2.82. The van der Waals surface area contributed by atoms with Crippen LogP contribution in [0.2, 0.25) is 0 Å². The molecule has 2 atom stereocenters. The first-order valence-corrected chi connectivity index (χ1v) is 11.9. The third-order valence-corrected chi connectivity index (χ3v) is 6.11. The van der Waals surface area contributed by atoms with Crippen molar-refractivity contribution in [2.45, 2.75) is 44.4 Å². The molecule has 2 aromatic carbocycles. The maximum atomic E-state index is 15.4. The van der Waals surface area contributed by atoms with E-state index in [4.69, 9.17) is 0 Å². The Labute approximate surface area is 185 Å².